The first-order valence-electron chi connectivity index (χ1n) is 12.8. The molecule has 0 radical (unpaired) electrons. The minimum Gasteiger partial charge on any atom is -0.403 e. The number of hydrogen-bond acceptors (Lipinski definition) is 5. The second-order valence-electron chi connectivity index (χ2n) is 9.35. The van der Waals surface area contributed by atoms with E-state index in [1.54, 1.807) is 9.36 Å². The van der Waals surface area contributed by atoms with Crippen molar-refractivity contribution in [2.24, 2.45) is 0 Å². The van der Waals surface area contributed by atoms with E-state index in [9.17, 15) is 9.59 Å². The summed E-state index contributed by atoms with van der Waals surface area (Å²) in [5.41, 5.74) is 6.85. The summed E-state index contributed by atoms with van der Waals surface area (Å²) < 4.78 is 17.3. The Balaban J connectivity index is 1.71. The Morgan fingerprint density at radius 1 is 1.00 bits per heavy atom. The van der Waals surface area contributed by atoms with Crippen molar-refractivity contribution < 1.29 is 14.3 Å². The van der Waals surface area contributed by atoms with Crippen LogP contribution in [0.1, 0.15) is 65.6 Å². The van der Waals surface area contributed by atoms with Crippen LogP contribution in [0, 0.1) is 6.92 Å². The van der Waals surface area contributed by atoms with Gasteiger partial charge in [0.1, 0.15) is 11.1 Å². The van der Waals surface area contributed by atoms with Crippen molar-refractivity contribution in [2.45, 2.75) is 79.4 Å². The second-order valence-corrected chi connectivity index (χ2v) is 9.35. The van der Waals surface area contributed by atoms with E-state index < -0.39 is 5.97 Å². The Bertz CT molecular complexity index is 1320. The number of esters is 1. The van der Waals surface area contributed by atoms with Crippen molar-refractivity contribution in [3.8, 4) is 17.0 Å². The number of rotatable bonds is 6. The van der Waals surface area contributed by atoms with Crippen LogP contribution in [-0.2, 0) is 50.1 Å². The minimum absolute atomic E-state index is 0.137. The van der Waals surface area contributed by atoms with Crippen LogP contribution in [0.3, 0.4) is 0 Å². The molecule has 186 valence electrons. The summed E-state index contributed by atoms with van der Waals surface area (Å²) in [5.74, 6) is -0.112. The Kier molecular flexibility index (Phi) is 6.40. The molecule has 4 heterocycles. The van der Waals surface area contributed by atoms with Gasteiger partial charge in [-0.25, -0.2) is 14.2 Å². The van der Waals surface area contributed by atoms with E-state index in [1.807, 2.05) is 11.6 Å². The Labute approximate surface area is 205 Å². The Hall–Kier alpha value is -3.13. The molecule has 0 aliphatic carbocycles. The monoisotopic (exact) mass is 478 g/mol. The first kappa shape index (κ1) is 23.6. The van der Waals surface area contributed by atoms with Gasteiger partial charge in [0.05, 0.1) is 37.7 Å². The zero-order valence-corrected chi connectivity index (χ0v) is 21.1. The maximum absolute atomic E-state index is 13.9. The van der Waals surface area contributed by atoms with E-state index >= 15 is 0 Å². The summed E-state index contributed by atoms with van der Waals surface area (Å²) in [6.45, 7) is 10.9. The van der Waals surface area contributed by atoms with E-state index in [0.717, 1.165) is 60.3 Å². The Morgan fingerprint density at radius 2 is 1.69 bits per heavy atom. The fourth-order valence-electron chi connectivity index (χ4n) is 5.56. The third-order valence-electron chi connectivity index (χ3n) is 7.18. The van der Waals surface area contributed by atoms with E-state index in [0.29, 0.717) is 49.7 Å². The van der Waals surface area contributed by atoms with Crippen molar-refractivity contribution in [3.63, 3.8) is 0 Å². The first-order valence-corrected chi connectivity index (χ1v) is 12.8. The molecule has 8 heteroatoms. The molecule has 2 aliphatic heterocycles. The van der Waals surface area contributed by atoms with Crippen LogP contribution in [0.25, 0.3) is 11.1 Å². The number of benzene rings is 1. The van der Waals surface area contributed by atoms with Crippen LogP contribution in [0.2, 0.25) is 0 Å². The van der Waals surface area contributed by atoms with Gasteiger partial charge in [-0.2, -0.15) is 5.10 Å². The molecule has 0 N–H and O–H groups in total. The van der Waals surface area contributed by atoms with E-state index in [1.165, 1.54) is 5.56 Å². The lowest BCUT2D eigenvalue weighted by Gasteiger charge is -2.16. The first-order chi connectivity index (χ1) is 17.0. The summed E-state index contributed by atoms with van der Waals surface area (Å²) in [4.78, 5) is 27.6. The van der Waals surface area contributed by atoms with E-state index in [-0.39, 0.29) is 5.56 Å². The molecular weight excluding hydrogens is 444 g/mol. The second kappa shape index (κ2) is 9.49. The number of fused-ring (bicyclic) bond motifs is 2. The lowest BCUT2D eigenvalue weighted by Crippen LogP contribution is -2.24. The maximum atomic E-state index is 13.9. The fourth-order valence-corrected chi connectivity index (χ4v) is 5.56. The number of hydrogen-bond donors (Lipinski definition) is 0. The number of carbonyl (C=O) groups is 1. The third-order valence-corrected chi connectivity index (χ3v) is 7.18. The summed E-state index contributed by atoms with van der Waals surface area (Å²) in [6.07, 6.45) is 3.99. The van der Waals surface area contributed by atoms with Crippen molar-refractivity contribution in [2.75, 3.05) is 13.2 Å². The highest BCUT2D eigenvalue weighted by atomic mass is 16.5. The predicted molar refractivity (Wildman–Crippen MR) is 133 cm³/mol. The van der Waals surface area contributed by atoms with Crippen LogP contribution in [-0.4, -0.2) is 38.3 Å². The molecular formula is C27H34N4O4. The molecule has 35 heavy (non-hydrogen) atoms. The fraction of sp³-hybridized carbons (Fsp3) is 0.519. The highest BCUT2D eigenvalue weighted by Gasteiger charge is 2.32. The molecule has 0 amide bonds. The zero-order valence-electron chi connectivity index (χ0n) is 21.1. The van der Waals surface area contributed by atoms with E-state index in [2.05, 4.69) is 38.0 Å². The number of nitrogens with zero attached hydrogens (tertiary/aromatic N) is 4. The van der Waals surface area contributed by atoms with Gasteiger partial charge in [0.25, 0.3) is 5.56 Å². The average molecular weight is 479 g/mol. The van der Waals surface area contributed by atoms with Gasteiger partial charge in [-0.3, -0.25) is 9.48 Å². The molecule has 0 unspecified atom stereocenters. The lowest BCUT2D eigenvalue weighted by molar-refractivity contribution is 0.0712. The number of carbonyl (C=O) groups excluding carboxylic acids is 1. The zero-order chi connectivity index (χ0) is 24.7. The molecule has 0 fully saturated rings. The predicted octanol–water partition coefficient (Wildman–Crippen LogP) is 3.70. The largest absolute Gasteiger partial charge is 0.403 e. The molecule has 2 aliphatic rings. The van der Waals surface area contributed by atoms with Gasteiger partial charge >= 0.3 is 5.97 Å². The molecule has 0 saturated heterocycles. The molecule has 0 saturated carbocycles. The lowest BCUT2D eigenvalue weighted by atomic mass is 9.91. The van der Waals surface area contributed by atoms with E-state index in [4.69, 9.17) is 9.47 Å². The van der Waals surface area contributed by atoms with Gasteiger partial charge in [0.2, 0.25) is 5.88 Å². The summed E-state index contributed by atoms with van der Waals surface area (Å²) >= 11 is 0. The number of aryl methyl sites for hydroxylation is 5. The molecule has 3 aromatic rings. The van der Waals surface area contributed by atoms with Crippen LogP contribution in [0.15, 0.2) is 16.9 Å². The summed E-state index contributed by atoms with van der Waals surface area (Å²) in [6, 6.07) is 4.27. The highest BCUT2D eigenvalue weighted by molar-refractivity contribution is 5.94. The smallest absolute Gasteiger partial charge is 0.348 e. The maximum Gasteiger partial charge on any atom is 0.348 e. The number of aromatic nitrogens is 4. The molecule has 5 rings (SSSR count). The standard InChI is InChI=1S/C27H34N4O4/c1-5-18-15-17(4)16-19(6-2)22(18)24-25(32)30-11-13-34-14-12-31(30)26(24)35-27(33)23-20(7-3)28-29-10-8-9-21(23)29/h15-16H,5-14H2,1-4H3. The van der Waals surface area contributed by atoms with Crippen molar-refractivity contribution in [1.82, 2.24) is 19.1 Å². The summed E-state index contributed by atoms with van der Waals surface area (Å²) in [5, 5.41) is 4.65. The molecule has 1 aromatic carbocycles. The minimum atomic E-state index is -0.430. The third kappa shape index (κ3) is 3.93. The van der Waals surface area contributed by atoms with Crippen molar-refractivity contribution >= 4 is 5.97 Å². The highest BCUT2D eigenvalue weighted by Crippen LogP contribution is 2.36. The van der Waals surface area contributed by atoms with Gasteiger partial charge in [-0.05, 0) is 55.7 Å². The van der Waals surface area contributed by atoms with Crippen LogP contribution >= 0.6 is 0 Å². The molecule has 0 spiro atoms. The van der Waals surface area contributed by atoms with Crippen LogP contribution in [0.4, 0.5) is 0 Å². The van der Waals surface area contributed by atoms with Crippen molar-refractivity contribution in [3.05, 3.63) is 56.1 Å². The molecule has 0 atom stereocenters. The number of ether oxygens (including phenoxy) is 2. The Morgan fingerprint density at radius 3 is 2.34 bits per heavy atom. The quantitative estimate of drug-likeness (QED) is 0.505. The molecule has 2 aromatic heterocycles. The van der Waals surface area contributed by atoms with Gasteiger partial charge in [0, 0.05) is 6.54 Å². The SMILES string of the molecule is CCc1cc(C)cc(CC)c1-c1c(OC(=O)c2c(CC)nn3c2CCC3)n2n(c1=O)CCOCC2. The van der Waals surface area contributed by atoms with Crippen LogP contribution < -0.4 is 10.3 Å². The van der Waals surface area contributed by atoms with Gasteiger partial charge in [0.15, 0.2) is 0 Å². The van der Waals surface area contributed by atoms with Gasteiger partial charge in [-0.1, -0.05) is 38.5 Å². The normalized spacial score (nSPS) is 15.1. The summed E-state index contributed by atoms with van der Waals surface area (Å²) in [7, 11) is 0. The topological polar surface area (TPSA) is 80.3 Å². The average Bonchev–Trinajstić information content (AvgIpc) is 3.43. The van der Waals surface area contributed by atoms with Gasteiger partial charge < -0.3 is 9.47 Å². The van der Waals surface area contributed by atoms with Crippen LogP contribution in [0.5, 0.6) is 5.88 Å². The van der Waals surface area contributed by atoms with Crippen molar-refractivity contribution in [1.29, 1.82) is 0 Å². The molecule has 0 bridgehead atoms. The molecule has 8 nitrogen and oxygen atoms in total. The van der Waals surface area contributed by atoms with Gasteiger partial charge in [-0.15, -0.1) is 0 Å².